The minimum atomic E-state index is -0.920. The van der Waals surface area contributed by atoms with Crippen molar-refractivity contribution in [3.63, 3.8) is 0 Å². The van der Waals surface area contributed by atoms with Crippen LogP contribution in [0.15, 0.2) is 18.2 Å². The van der Waals surface area contributed by atoms with Gasteiger partial charge in [0.25, 0.3) is 0 Å². The number of hydrogen-bond acceptors (Lipinski definition) is 2. The van der Waals surface area contributed by atoms with Crippen LogP contribution in [-0.4, -0.2) is 16.9 Å². The zero-order chi connectivity index (χ0) is 12.7. The predicted octanol–water partition coefficient (Wildman–Crippen LogP) is 3.14. The molecule has 0 amide bonds. The number of Topliss-reactive ketones (excluding diaryl/α,β-unsaturated/α-hetero) is 1. The van der Waals surface area contributed by atoms with E-state index >= 15 is 0 Å². The van der Waals surface area contributed by atoms with E-state index in [2.05, 4.69) is 0 Å². The second-order valence-electron chi connectivity index (χ2n) is 4.24. The Labute approximate surface area is 108 Å². The molecule has 17 heavy (non-hydrogen) atoms. The summed E-state index contributed by atoms with van der Waals surface area (Å²) in [5.74, 6) is -2.23. The molecule has 0 aliphatic heterocycles. The van der Waals surface area contributed by atoms with Crippen LogP contribution in [0.3, 0.4) is 0 Å². The maximum absolute atomic E-state index is 12.0. The van der Waals surface area contributed by atoms with Crippen molar-refractivity contribution in [2.45, 2.75) is 6.92 Å². The minimum Gasteiger partial charge on any atom is -0.481 e. The number of aliphatic carboxylic acids is 1. The maximum atomic E-state index is 12.0. The molecule has 3 atom stereocenters. The largest absolute Gasteiger partial charge is 0.481 e. The lowest BCUT2D eigenvalue weighted by Crippen LogP contribution is -2.08. The average Bonchev–Trinajstić information content (AvgIpc) is 2.93. The topological polar surface area (TPSA) is 54.4 Å². The van der Waals surface area contributed by atoms with Crippen molar-refractivity contribution in [2.24, 2.45) is 17.8 Å². The second-order valence-corrected chi connectivity index (χ2v) is 5.06. The normalized spacial score (nSPS) is 26.6. The van der Waals surface area contributed by atoms with Crippen molar-refractivity contribution < 1.29 is 14.7 Å². The molecule has 1 aliphatic carbocycles. The fraction of sp³-hybridized carbons (Fsp3) is 0.333. The molecule has 1 N–H and O–H groups in total. The van der Waals surface area contributed by atoms with Crippen LogP contribution in [-0.2, 0) is 4.79 Å². The molecule has 0 bridgehead atoms. The smallest absolute Gasteiger partial charge is 0.307 e. The van der Waals surface area contributed by atoms with Crippen molar-refractivity contribution in [2.75, 3.05) is 0 Å². The average molecular weight is 273 g/mol. The third kappa shape index (κ3) is 2.17. The molecular formula is C12H10Cl2O3. The highest BCUT2D eigenvalue weighted by Crippen LogP contribution is 2.48. The Bertz CT molecular complexity index is 499. The van der Waals surface area contributed by atoms with Crippen molar-refractivity contribution in [1.82, 2.24) is 0 Å². The first-order valence-electron chi connectivity index (χ1n) is 5.15. The standard InChI is InChI=1S/C12H10Cl2O3/c1-5-9(10(5)12(16)17)11(15)6-2-3-7(13)8(14)4-6/h2-5,9-10H,1H3,(H,16,17)/t5-,9+,10+/m0/s1. The summed E-state index contributed by atoms with van der Waals surface area (Å²) in [6.45, 7) is 1.76. The summed E-state index contributed by atoms with van der Waals surface area (Å²) in [5, 5.41) is 9.57. The number of ketones is 1. The van der Waals surface area contributed by atoms with Crippen LogP contribution in [0.1, 0.15) is 17.3 Å². The lowest BCUT2D eigenvalue weighted by molar-refractivity contribution is -0.139. The first-order chi connectivity index (χ1) is 7.93. The third-order valence-corrected chi connectivity index (χ3v) is 3.91. The fourth-order valence-corrected chi connectivity index (χ4v) is 2.38. The summed E-state index contributed by atoms with van der Waals surface area (Å²) in [6, 6.07) is 4.59. The molecule has 90 valence electrons. The molecule has 1 aliphatic rings. The van der Waals surface area contributed by atoms with Gasteiger partial charge in [0.1, 0.15) is 0 Å². The van der Waals surface area contributed by atoms with E-state index in [4.69, 9.17) is 28.3 Å². The molecule has 0 radical (unpaired) electrons. The zero-order valence-corrected chi connectivity index (χ0v) is 10.5. The van der Waals surface area contributed by atoms with E-state index in [0.717, 1.165) is 0 Å². The number of rotatable bonds is 3. The summed E-state index contributed by atoms with van der Waals surface area (Å²) in [6.07, 6.45) is 0. The van der Waals surface area contributed by atoms with E-state index < -0.39 is 17.8 Å². The Balaban J connectivity index is 2.22. The van der Waals surface area contributed by atoms with Gasteiger partial charge >= 0.3 is 5.97 Å². The number of carbonyl (C=O) groups excluding carboxylic acids is 1. The van der Waals surface area contributed by atoms with E-state index in [0.29, 0.717) is 15.6 Å². The monoisotopic (exact) mass is 272 g/mol. The number of carbonyl (C=O) groups is 2. The maximum Gasteiger partial charge on any atom is 0.307 e. The van der Waals surface area contributed by atoms with Crippen LogP contribution in [0.5, 0.6) is 0 Å². The van der Waals surface area contributed by atoms with Crippen LogP contribution in [0, 0.1) is 17.8 Å². The molecule has 5 heteroatoms. The Kier molecular flexibility index (Phi) is 3.15. The van der Waals surface area contributed by atoms with Gasteiger partial charge in [0.2, 0.25) is 0 Å². The lowest BCUT2D eigenvalue weighted by Gasteiger charge is -2.01. The van der Waals surface area contributed by atoms with E-state index in [1.165, 1.54) is 6.07 Å². The van der Waals surface area contributed by atoms with Gasteiger partial charge in [-0.15, -0.1) is 0 Å². The Morgan fingerprint density at radius 3 is 2.29 bits per heavy atom. The van der Waals surface area contributed by atoms with Crippen molar-refractivity contribution in [1.29, 1.82) is 0 Å². The zero-order valence-electron chi connectivity index (χ0n) is 8.98. The summed E-state index contributed by atoms with van der Waals surface area (Å²) in [7, 11) is 0. The van der Waals surface area contributed by atoms with Crippen LogP contribution in [0.25, 0.3) is 0 Å². The van der Waals surface area contributed by atoms with Gasteiger partial charge in [-0.05, 0) is 24.1 Å². The molecule has 0 heterocycles. The Hall–Kier alpha value is -1.06. The number of carboxylic acid groups (broad SMARTS) is 1. The Morgan fingerprint density at radius 2 is 1.82 bits per heavy atom. The van der Waals surface area contributed by atoms with Crippen LogP contribution >= 0.6 is 23.2 Å². The number of halogens is 2. The molecule has 0 spiro atoms. The van der Waals surface area contributed by atoms with Crippen molar-refractivity contribution in [3.05, 3.63) is 33.8 Å². The highest BCUT2D eigenvalue weighted by molar-refractivity contribution is 6.42. The molecule has 1 aromatic rings. The predicted molar refractivity (Wildman–Crippen MR) is 64.6 cm³/mol. The lowest BCUT2D eigenvalue weighted by atomic mass is 10.1. The summed E-state index contributed by atoms with van der Waals surface area (Å²) >= 11 is 11.6. The molecule has 0 aromatic heterocycles. The van der Waals surface area contributed by atoms with Crippen LogP contribution < -0.4 is 0 Å². The van der Waals surface area contributed by atoms with Gasteiger partial charge < -0.3 is 5.11 Å². The molecule has 3 nitrogen and oxygen atoms in total. The van der Waals surface area contributed by atoms with Crippen molar-refractivity contribution >= 4 is 35.0 Å². The molecular weight excluding hydrogens is 263 g/mol. The number of benzene rings is 1. The first kappa shape index (κ1) is 12.4. The minimum absolute atomic E-state index is 0.116. The van der Waals surface area contributed by atoms with E-state index in [9.17, 15) is 9.59 Å². The van der Waals surface area contributed by atoms with Crippen LogP contribution in [0.4, 0.5) is 0 Å². The molecule has 2 rings (SSSR count). The summed E-state index contributed by atoms with van der Waals surface area (Å²) in [5.41, 5.74) is 0.417. The number of carboxylic acids is 1. The van der Waals surface area contributed by atoms with Gasteiger partial charge in [0, 0.05) is 11.5 Å². The molecule has 1 fully saturated rings. The van der Waals surface area contributed by atoms with Gasteiger partial charge in [-0.2, -0.15) is 0 Å². The number of hydrogen-bond donors (Lipinski definition) is 1. The summed E-state index contributed by atoms with van der Waals surface area (Å²) in [4.78, 5) is 22.9. The van der Waals surface area contributed by atoms with Crippen molar-refractivity contribution in [3.8, 4) is 0 Å². The van der Waals surface area contributed by atoms with Gasteiger partial charge in [-0.3, -0.25) is 9.59 Å². The van der Waals surface area contributed by atoms with Gasteiger partial charge in [0.05, 0.1) is 16.0 Å². The SMILES string of the molecule is C[C@@H]1[C@@H](C(=O)O)[C@@H]1C(=O)c1ccc(Cl)c(Cl)c1. The third-order valence-electron chi connectivity index (χ3n) is 3.17. The second kappa shape index (κ2) is 4.31. The van der Waals surface area contributed by atoms with E-state index in [1.807, 2.05) is 0 Å². The van der Waals surface area contributed by atoms with Crippen LogP contribution in [0.2, 0.25) is 10.0 Å². The van der Waals surface area contributed by atoms with E-state index in [1.54, 1.807) is 19.1 Å². The fourth-order valence-electron chi connectivity index (χ4n) is 2.08. The van der Waals surface area contributed by atoms with Gasteiger partial charge in [-0.1, -0.05) is 30.1 Å². The van der Waals surface area contributed by atoms with E-state index in [-0.39, 0.29) is 11.7 Å². The highest BCUT2D eigenvalue weighted by atomic mass is 35.5. The quantitative estimate of drug-likeness (QED) is 0.861. The first-order valence-corrected chi connectivity index (χ1v) is 5.91. The molecule has 1 saturated carbocycles. The molecule has 1 aromatic carbocycles. The van der Waals surface area contributed by atoms with Gasteiger partial charge in [-0.25, -0.2) is 0 Å². The molecule has 0 unspecified atom stereocenters. The highest BCUT2D eigenvalue weighted by Gasteiger charge is 2.56. The van der Waals surface area contributed by atoms with Gasteiger partial charge in [0.15, 0.2) is 5.78 Å². The molecule has 0 saturated heterocycles. The summed E-state index contributed by atoms with van der Waals surface area (Å²) < 4.78 is 0. The Morgan fingerprint density at radius 1 is 1.18 bits per heavy atom.